The molecule has 2 atom stereocenters. The van der Waals surface area contributed by atoms with Crippen LogP contribution in [0.2, 0.25) is 0 Å². The zero-order valence-electron chi connectivity index (χ0n) is 14.0. The Morgan fingerprint density at radius 2 is 1.96 bits per heavy atom. The van der Waals surface area contributed by atoms with E-state index in [-0.39, 0.29) is 24.8 Å². The smallest absolute Gasteiger partial charge is 0.326 e. The average molecular weight is 345 g/mol. The van der Waals surface area contributed by atoms with Crippen LogP contribution in [0.3, 0.4) is 0 Å². The molecule has 8 nitrogen and oxygen atoms in total. The third-order valence-corrected chi connectivity index (χ3v) is 4.27. The van der Waals surface area contributed by atoms with E-state index in [1.165, 1.54) is 23.8 Å². The summed E-state index contributed by atoms with van der Waals surface area (Å²) in [4.78, 5) is 25.7. The molecule has 0 saturated carbocycles. The predicted octanol–water partition coefficient (Wildman–Crippen LogP) is 1.19. The number of likely N-dealkylation sites (tertiary alicyclic amines) is 1. The van der Waals surface area contributed by atoms with Gasteiger partial charge in [-0.05, 0) is 12.1 Å². The molecular formula is C17H19N3O5. The van der Waals surface area contributed by atoms with Crippen LogP contribution in [0.1, 0.15) is 16.9 Å². The zero-order valence-corrected chi connectivity index (χ0v) is 14.0. The molecule has 2 unspecified atom stereocenters. The van der Waals surface area contributed by atoms with E-state index in [0.717, 1.165) is 5.69 Å². The summed E-state index contributed by atoms with van der Waals surface area (Å²) in [5, 5.41) is 13.7. The number of carbonyl (C=O) groups excluding carboxylic acids is 1. The van der Waals surface area contributed by atoms with Crippen LogP contribution in [0.25, 0.3) is 5.69 Å². The van der Waals surface area contributed by atoms with E-state index in [4.69, 9.17) is 9.47 Å². The number of ether oxygens (including phenoxy) is 2. The van der Waals surface area contributed by atoms with E-state index in [1.54, 1.807) is 6.20 Å². The fourth-order valence-corrected chi connectivity index (χ4v) is 2.93. The molecule has 132 valence electrons. The first-order valence-electron chi connectivity index (χ1n) is 7.80. The van der Waals surface area contributed by atoms with Crippen LogP contribution >= 0.6 is 0 Å². The third-order valence-electron chi connectivity index (χ3n) is 4.27. The minimum absolute atomic E-state index is 0.0781. The number of para-hydroxylation sites is 1. The van der Waals surface area contributed by atoms with Crippen LogP contribution in [0, 0.1) is 0 Å². The Kier molecular flexibility index (Phi) is 4.71. The van der Waals surface area contributed by atoms with Gasteiger partial charge in [0.25, 0.3) is 5.91 Å². The van der Waals surface area contributed by atoms with Crippen molar-refractivity contribution in [2.24, 2.45) is 0 Å². The maximum Gasteiger partial charge on any atom is 0.326 e. The summed E-state index contributed by atoms with van der Waals surface area (Å²) in [6, 6.07) is 8.34. The molecular weight excluding hydrogens is 326 g/mol. The van der Waals surface area contributed by atoms with Crippen molar-refractivity contribution in [1.29, 1.82) is 0 Å². The van der Waals surface area contributed by atoms with Crippen molar-refractivity contribution >= 4 is 11.9 Å². The Morgan fingerprint density at radius 1 is 1.24 bits per heavy atom. The molecule has 1 saturated heterocycles. The van der Waals surface area contributed by atoms with E-state index in [9.17, 15) is 14.7 Å². The number of carbonyl (C=O) groups is 2. The van der Waals surface area contributed by atoms with E-state index < -0.39 is 17.9 Å². The van der Waals surface area contributed by atoms with Gasteiger partial charge in [0.2, 0.25) is 0 Å². The molecule has 0 aliphatic carbocycles. The van der Waals surface area contributed by atoms with Gasteiger partial charge in [-0.2, -0.15) is 5.10 Å². The van der Waals surface area contributed by atoms with Crippen molar-refractivity contribution in [2.45, 2.75) is 18.6 Å². The van der Waals surface area contributed by atoms with Gasteiger partial charge in [-0.25, -0.2) is 9.48 Å². The summed E-state index contributed by atoms with van der Waals surface area (Å²) >= 11 is 0. The van der Waals surface area contributed by atoms with E-state index in [0.29, 0.717) is 5.75 Å². The van der Waals surface area contributed by atoms with Gasteiger partial charge in [0, 0.05) is 20.1 Å². The van der Waals surface area contributed by atoms with Gasteiger partial charge in [0.15, 0.2) is 11.4 Å². The van der Waals surface area contributed by atoms with E-state index >= 15 is 0 Å². The number of methoxy groups -OCH3 is 2. The largest absolute Gasteiger partial charge is 0.493 e. The second-order valence-electron chi connectivity index (χ2n) is 5.73. The topological polar surface area (TPSA) is 93.9 Å². The van der Waals surface area contributed by atoms with Crippen molar-refractivity contribution in [2.75, 3.05) is 20.8 Å². The molecule has 1 aliphatic heterocycles. The fourth-order valence-electron chi connectivity index (χ4n) is 2.93. The Hall–Kier alpha value is -2.87. The van der Waals surface area contributed by atoms with Crippen LogP contribution in [0.5, 0.6) is 5.75 Å². The normalized spacial score (nSPS) is 19.8. The Labute approximate surface area is 144 Å². The first-order valence-corrected chi connectivity index (χ1v) is 7.80. The van der Waals surface area contributed by atoms with Gasteiger partial charge in [-0.3, -0.25) is 4.79 Å². The molecule has 1 aliphatic rings. The van der Waals surface area contributed by atoms with Gasteiger partial charge < -0.3 is 19.5 Å². The average Bonchev–Trinajstić information content (AvgIpc) is 3.26. The lowest BCUT2D eigenvalue weighted by Gasteiger charge is -2.20. The highest BCUT2D eigenvalue weighted by atomic mass is 16.5. The Balaban J connectivity index is 1.94. The Morgan fingerprint density at radius 3 is 2.56 bits per heavy atom. The number of carboxylic acids is 1. The van der Waals surface area contributed by atoms with Crippen molar-refractivity contribution < 1.29 is 24.2 Å². The van der Waals surface area contributed by atoms with Crippen molar-refractivity contribution in [3.63, 3.8) is 0 Å². The van der Waals surface area contributed by atoms with E-state index in [2.05, 4.69) is 5.10 Å². The van der Waals surface area contributed by atoms with Crippen LogP contribution < -0.4 is 4.74 Å². The number of benzene rings is 1. The van der Waals surface area contributed by atoms with Gasteiger partial charge >= 0.3 is 5.97 Å². The highest BCUT2D eigenvalue weighted by Gasteiger charge is 2.41. The predicted molar refractivity (Wildman–Crippen MR) is 88.0 cm³/mol. The van der Waals surface area contributed by atoms with Gasteiger partial charge in [-0.15, -0.1) is 0 Å². The van der Waals surface area contributed by atoms with Crippen LogP contribution in [0.15, 0.2) is 36.5 Å². The Bertz CT molecular complexity index is 774. The SMILES string of the molecule is COc1cn(-c2ccccc2)nc1C(=O)N1CC(OC)CC1C(=O)O. The maximum atomic E-state index is 12.9. The van der Waals surface area contributed by atoms with Gasteiger partial charge in [-0.1, -0.05) is 18.2 Å². The lowest BCUT2D eigenvalue weighted by Crippen LogP contribution is -2.41. The fraction of sp³-hybridized carbons (Fsp3) is 0.353. The third kappa shape index (κ3) is 3.20. The molecule has 1 amide bonds. The first-order chi connectivity index (χ1) is 12.0. The monoisotopic (exact) mass is 345 g/mol. The van der Waals surface area contributed by atoms with E-state index in [1.807, 2.05) is 30.3 Å². The minimum Gasteiger partial charge on any atom is -0.493 e. The number of hydrogen-bond donors (Lipinski definition) is 1. The number of aliphatic carboxylic acids is 1. The second-order valence-corrected chi connectivity index (χ2v) is 5.73. The molecule has 1 N–H and O–H groups in total. The zero-order chi connectivity index (χ0) is 18.0. The first kappa shape index (κ1) is 17.0. The summed E-state index contributed by atoms with van der Waals surface area (Å²) in [5.41, 5.74) is 0.847. The van der Waals surface area contributed by atoms with Crippen molar-refractivity contribution in [3.05, 3.63) is 42.2 Å². The highest BCUT2D eigenvalue weighted by molar-refractivity contribution is 5.97. The van der Waals surface area contributed by atoms with Gasteiger partial charge in [0.1, 0.15) is 6.04 Å². The number of aromatic nitrogens is 2. The summed E-state index contributed by atoms with van der Waals surface area (Å²) < 4.78 is 12.0. The van der Waals surface area contributed by atoms with Crippen LogP contribution in [-0.2, 0) is 9.53 Å². The number of rotatable bonds is 5. The number of hydrogen-bond acceptors (Lipinski definition) is 5. The molecule has 0 radical (unpaired) electrons. The molecule has 25 heavy (non-hydrogen) atoms. The number of amides is 1. The maximum absolute atomic E-state index is 12.9. The lowest BCUT2D eigenvalue weighted by atomic mass is 10.2. The van der Waals surface area contributed by atoms with Crippen molar-refractivity contribution in [1.82, 2.24) is 14.7 Å². The molecule has 8 heteroatoms. The number of nitrogens with zero attached hydrogens (tertiary/aromatic N) is 3. The molecule has 3 rings (SSSR count). The number of carboxylic acid groups (broad SMARTS) is 1. The minimum atomic E-state index is -1.06. The molecule has 2 aromatic rings. The second kappa shape index (κ2) is 6.94. The molecule has 1 aromatic carbocycles. The summed E-state index contributed by atoms with van der Waals surface area (Å²) in [6.07, 6.45) is 1.54. The molecule has 0 spiro atoms. The van der Waals surface area contributed by atoms with Crippen molar-refractivity contribution in [3.8, 4) is 11.4 Å². The molecule has 1 fully saturated rings. The lowest BCUT2D eigenvalue weighted by molar-refractivity contribution is -0.141. The molecule has 2 heterocycles. The van der Waals surface area contributed by atoms with Crippen LogP contribution in [0.4, 0.5) is 0 Å². The summed E-state index contributed by atoms with van der Waals surface area (Å²) in [6.45, 7) is 0.202. The summed E-state index contributed by atoms with van der Waals surface area (Å²) in [7, 11) is 2.95. The quantitative estimate of drug-likeness (QED) is 0.875. The molecule has 0 bridgehead atoms. The summed E-state index contributed by atoms with van der Waals surface area (Å²) in [5.74, 6) is -1.26. The highest BCUT2D eigenvalue weighted by Crippen LogP contribution is 2.26. The standard InChI is InChI=1S/C17H19N3O5/c1-24-12-8-13(17(22)23)19(9-12)16(21)15-14(25-2)10-20(18-15)11-6-4-3-5-7-11/h3-7,10,12-13H,8-9H2,1-2H3,(H,22,23). The molecule has 1 aromatic heterocycles. The van der Waals surface area contributed by atoms with Crippen LogP contribution in [-0.4, -0.2) is 64.6 Å². The van der Waals surface area contributed by atoms with Gasteiger partial charge in [0.05, 0.1) is 25.1 Å².